The van der Waals surface area contributed by atoms with Gasteiger partial charge in [-0.15, -0.1) is 0 Å². The summed E-state index contributed by atoms with van der Waals surface area (Å²) in [5, 5.41) is 12.5. The molecule has 1 aliphatic heterocycles. The highest BCUT2D eigenvalue weighted by molar-refractivity contribution is 6.31. The quantitative estimate of drug-likeness (QED) is 0.225. The van der Waals surface area contributed by atoms with Crippen LogP contribution in [-0.2, 0) is 22.4 Å². The molecule has 1 aromatic heterocycles. The molecule has 0 saturated heterocycles. The van der Waals surface area contributed by atoms with Gasteiger partial charge in [-0.25, -0.2) is 4.39 Å². The Morgan fingerprint density at radius 2 is 1.78 bits per heavy atom. The maximum absolute atomic E-state index is 16.3. The van der Waals surface area contributed by atoms with Crippen LogP contribution < -0.4 is 15.6 Å². The summed E-state index contributed by atoms with van der Waals surface area (Å²) in [6.07, 6.45) is -3.25. The van der Waals surface area contributed by atoms with Gasteiger partial charge >= 0.3 is 12.1 Å². The van der Waals surface area contributed by atoms with Crippen LogP contribution in [0.5, 0.6) is 5.75 Å². The number of hydrogen-bond acceptors (Lipinski definition) is 4. The van der Waals surface area contributed by atoms with Crippen LogP contribution in [0.3, 0.4) is 0 Å². The summed E-state index contributed by atoms with van der Waals surface area (Å²) in [5.74, 6) is -2.59. The number of pyridine rings is 1. The van der Waals surface area contributed by atoms with Crippen LogP contribution in [0.25, 0.3) is 11.1 Å². The summed E-state index contributed by atoms with van der Waals surface area (Å²) in [4.78, 5) is 39.4. The topological polar surface area (TPSA) is 97.6 Å². The largest absolute Gasteiger partial charge is 0.488 e. The molecule has 2 atom stereocenters. The zero-order valence-corrected chi connectivity index (χ0v) is 25.1. The number of aliphatic carboxylic acids is 1. The van der Waals surface area contributed by atoms with Gasteiger partial charge in [0, 0.05) is 34.0 Å². The Kier molecular flexibility index (Phi) is 8.14. The second kappa shape index (κ2) is 11.9. The lowest BCUT2D eigenvalue weighted by Crippen LogP contribution is -2.40. The van der Waals surface area contributed by atoms with Crippen molar-refractivity contribution in [2.24, 2.45) is 0 Å². The number of nitrogens with one attached hydrogen (secondary N) is 1. The first-order valence-corrected chi connectivity index (χ1v) is 14.9. The van der Waals surface area contributed by atoms with Crippen LogP contribution in [-0.4, -0.2) is 21.6 Å². The van der Waals surface area contributed by atoms with Gasteiger partial charge in [0.1, 0.15) is 24.2 Å². The Labute approximate surface area is 265 Å². The number of fused-ring (bicyclic) bond motifs is 6. The number of carboxylic acid groups (broad SMARTS) is 1. The highest BCUT2D eigenvalue weighted by Crippen LogP contribution is 2.46. The van der Waals surface area contributed by atoms with Gasteiger partial charge in [-0.2, -0.15) is 13.2 Å². The number of ether oxygens (including phenoxy) is 1. The van der Waals surface area contributed by atoms with E-state index in [1.165, 1.54) is 18.2 Å². The van der Waals surface area contributed by atoms with E-state index in [0.29, 0.717) is 40.1 Å². The first kappa shape index (κ1) is 31.3. The molecule has 1 fully saturated rings. The molecule has 4 bridgehead atoms. The van der Waals surface area contributed by atoms with Gasteiger partial charge in [-0.1, -0.05) is 29.8 Å². The van der Waals surface area contributed by atoms with E-state index in [9.17, 15) is 32.7 Å². The lowest BCUT2D eigenvalue weighted by atomic mass is 9.90. The van der Waals surface area contributed by atoms with Crippen molar-refractivity contribution in [2.75, 3.05) is 0 Å². The second-order valence-electron chi connectivity index (χ2n) is 11.6. The summed E-state index contributed by atoms with van der Waals surface area (Å²) in [6.45, 7) is 1.86. The van der Waals surface area contributed by atoms with Crippen molar-refractivity contribution in [3.05, 3.63) is 121 Å². The van der Waals surface area contributed by atoms with E-state index >= 15 is 4.39 Å². The second-order valence-corrected chi connectivity index (χ2v) is 12.0. The first-order valence-electron chi connectivity index (χ1n) is 14.5. The van der Waals surface area contributed by atoms with Crippen molar-refractivity contribution in [1.29, 1.82) is 0 Å². The van der Waals surface area contributed by atoms with Gasteiger partial charge in [0.25, 0.3) is 5.56 Å². The van der Waals surface area contributed by atoms with E-state index in [-0.39, 0.29) is 28.7 Å². The number of carbonyl (C=O) groups is 2. The standard InChI is InChI=1S/C34H27ClF4N2O5/c1-17-3-2-4-27-30(17)20-12-22(19-6-7-19)31(36)24(13-20)26(15-29(43)44)40-33(45)32(23-11-18(16-46-27)5-8-25(23)35)41-10-9-21(14-28(41)42)34(37,38)39/h2-5,8-14,19,26,32H,6-7,15-16H2,1H3,(H,40,45)(H,43,44)/t26-,32-/m0/s1. The minimum Gasteiger partial charge on any atom is -0.488 e. The number of halogens is 5. The van der Waals surface area contributed by atoms with E-state index < -0.39 is 53.5 Å². The lowest BCUT2D eigenvalue weighted by molar-refractivity contribution is -0.138. The average Bonchev–Trinajstić information content (AvgIpc) is 3.83. The fourth-order valence-corrected chi connectivity index (χ4v) is 6.13. The fourth-order valence-electron chi connectivity index (χ4n) is 5.90. The van der Waals surface area contributed by atoms with Gasteiger partial charge in [0.2, 0.25) is 5.91 Å². The molecule has 6 rings (SSSR count). The molecule has 238 valence electrons. The molecule has 2 heterocycles. The van der Waals surface area contributed by atoms with Gasteiger partial charge in [-0.3, -0.25) is 19.0 Å². The zero-order chi connectivity index (χ0) is 32.9. The van der Waals surface area contributed by atoms with Crippen LogP contribution in [0.15, 0.2) is 71.7 Å². The van der Waals surface area contributed by atoms with E-state index in [1.54, 1.807) is 24.3 Å². The number of benzene rings is 3. The van der Waals surface area contributed by atoms with Crippen LogP contribution in [0.2, 0.25) is 5.02 Å². The van der Waals surface area contributed by atoms with Crippen LogP contribution in [0.4, 0.5) is 17.6 Å². The lowest BCUT2D eigenvalue weighted by Gasteiger charge is -2.27. The molecule has 0 unspecified atom stereocenters. The number of rotatable bonds is 4. The van der Waals surface area contributed by atoms with Crippen molar-refractivity contribution < 1.29 is 37.0 Å². The maximum atomic E-state index is 16.3. The number of aryl methyl sites for hydroxylation is 1. The number of alkyl halides is 3. The number of nitrogens with zero attached hydrogens (tertiary/aromatic N) is 1. The molecule has 2 N–H and O–H groups in total. The predicted molar refractivity (Wildman–Crippen MR) is 161 cm³/mol. The van der Waals surface area contributed by atoms with Gasteiger partial charge in [0.15, 0.2) is 0 Å². The molecule has 4 aromatic rings. The molecule has 0 spiro atoms. The molecule has 1 saturated carbocycles. The van der Waals surface area contributed by atoms with Crippen LogP contribution in [0.1, 0.15) is 70.6 Å². The highest BCUT2D eigenvalue weighted by atomic mass is 35.5. The van der Waals surface area contributed by atoms with E-state index in [4.69, 9.17) is 16.3 Å². The van der Waals surface area contributed by atoms with E-state index in [0.717, 1.165) is 29.2 Å². The number of hydrogen-bond donors (Lipinski definition) is 2. The molecule has 7 nitrogen and oxygen atoms in total. The Bertz CT molecular complexity index is 1940. The Hall–Kier alpha value is -4.64. The van der Waals surface area contributed by atoms with Gasteiger partial charge < -0.3 is 15.2 Å². The van der Waals surface area contributed by atoms with Crippen LogP contribution >= 0.6 is 11.6 Å². The smallest absolute Gasteiger partial charge is 0.416 e. The fraction of sp³-hybridized carbons (Fsp3) is 0.265. The van der Waals surface area contributed by atoms with Gasteiger partial charge in [0.05, 0.1) is 18.0 Å². The molecule has 0 radical (unpaired) electrons. The summed E-state index contributed by atoms with van der Waals surface area (Å²) in [7, 11) is 0. The molecule has 3 aromatic carbocycles. The van der Waals surface area contributed by atoms with Crippen molar-refractivity contribution in [1.82, 2.24) is 9.88 Å². The monoisotopic (exact) mass is 654 g/mol. The maximum Gasteiger partial charge on any atom is 0.416 e. The Morgan fingerprint density at radius 1 is 1.04 bits per heavy atom. The number of carboxylic acids is 1. The molecule has 2 aliphatic rings. The molecular weight excluding hydrogens is 628 g/mol. The Balaban J connectivity index is 1.60. The van der Waals surface area contributed by atoms with E-state index in [1.807, 2.05) is 13.0 Å². The average molecular weight is 655 g/mol. The molecule has 1 amide bonds. The molecule has 12 heteroatoms. The zero-order valence-electron chi connectivity index (χ0n) is 24.3. The number of aromatic nitrogens is 1. The summed E-state index contributed by atoms with van der Waals surface area (Å²) in [5.41, 5.74) is 0.563. The highest BCUT2D eigenvalue weighted by Gasteiger charge is 2.36. The number of carbonyl (C=O) groups excluding carboxylic acids is 1. The normalized spacial score (nSPS) is 18.2. The molecular formula is C34H27ClF4N2O5. The Morgan fingerprint density at radius 3 is 2.46 bits per heavy atom. The summed E-state index contributed by atoms with van der Waals surface area (Å²) < 4.78 is 63.5. The first-order chi connectivity index (χ1) is 21.8. The third-order valence-electron chi connectivity index (χ3n) is 8.29. The molecule has 1 aliphatic carbocycles. The van der Waals surface area contributed by atoms with Crippen molar-refractivity contribution in [3.8, 4) is 16.9 Å². The van der Waals surface area contributed by atoms with Crippen molar-refractivity contribution in [2.45, 2.75) is 57.0 Å². The van der Waals surface area contributed by atoms with Gasteiger partial charge in [-0.05, 0) is 84.3 Å². The minimum atomic E-state index is -4.82. The third-order valence-corrected chi connectivity index (χ3v) is 8.64. The van der Waals surface area contributed by atoms with E-state index in [2.05, 4.69) is 5.32 Å². The summed E-state index contributed by atoms with van der Waals surface area (Å²) >= 11 is 6.54. The third kappa shape index (κ3) is 6.11. The number of amides is 1. The summed E-state index contributed by atoms with van der Waals surface area (Å²) in [6, 6.07) is 11.2. The SMILES string of the molecule is Cc1cccc2c1-c1cc(C3CC3)c(F)c(c1)[C@H](CC(=O)O)NC(=O)[C@@H](n1ccc(C(F)(F)F)cc1=O)c1cc(ccc1Cl)CO2. The minimum absolute atomic E-state index is 0.0119. The van der Waals surface area contributed by atoms with Crippen molar-refractivity contribution >= 4 is 23.5 Å². The van der Waals surface area contributed by atoms with Crippen LogP contribution in [0, 0.1) is 12.7 Å². The van der Waals surface area contributed by atoms with Crippen molar-refractivity contribution in [3.63, 3.8) is 0 Å². The predicted octanol–water partition coefficient (Wildman–Crippen LogP) is 7.33. The molecule has 46 heavy (non-hydrogen) atoms.